The van der Waals surface area contributed by atoms with Gasteiger partial charge >= 0.3 is 0 Å². The third-order valence-corrected chi connectivity index (χ3v) is 6.60. The molecule has 1 aromatic heterocycles. The molecule has 19 heavy (non-hydrogen) atoms. The second-order valence-corrected chi connectivity index (χ2v) is 7.96. The van der Waals surface area contributed by atoms with Crippen molar-refractivity contribution in [3.63, 3.8) is 0 Å². The molecule has 0 unspecified atom stereocenters. The first-order valence-electron chi connectivity index (χ1n) is 6.60. The van der Waals surface area contributed by atoms with E-state index < -0.39 is 10.0 Å². The summed E-state index contributed by atoms with van der Waals surface area (Å²) >= 11 is 1.54. The van der Waals surface area contributed by atoms with Crippen molar-refractivity contribution in [3.05, 3.63) is 15.8 Å². The Morgan fingerprint density at radius 1 is 1.37 bits per heavy atom. The first kappa shape index (κ1) is 16.6. The van der Waals surface area contributed by atoms with E-state index in [1.54, 1.807) is 24.5 Å². The zero-order valence-electron chi connectivity index (χ0n) is 12.4. The molecule has 6 heteroatoms. The SMILES string of the molecule is CCC(CC)N(C)S(=O)(=O)c1cc(CNC)sc1C. The molecule has 1 N–H and O–H groups in total. The Kier molecular flexibility index (Phi) is 5.98. The lowest BCUT2D eigenvalue weighted by atomic mass is 10.2. The summed E-state index contributed by atoms with van der Waals surface area (Å²) in [6, 6.07) is 1.86. The average Bonchev–Trinajstić information content (AvgIpc) is 2.73. The van der Waals surface area contributed by atoms with Crippen molar-refractivity contribution in [2.45, 2.75) is 51.1 Å². The van der Waals surface area contributed by atoms with Gasteiger partial charge in [0.2, 0.25) is 10.0 Å². The Hall–Kier alpha value is -0.430. The summed E-state index contributed by atoms with van der Waals surface area (Å²) in [6.45, 7) is 6.62. The minimum absolute atomic E-state index is 0.0667. The lowest BCUT2D eigenvalue weighted by Crippen LogP contribution is -2.36. The maximum atomic E-state index is 12.6. The summed E-state index contributed by atoms with van der Waals surface area (Å²) in [5.41, 5.74) is 0. The van der Waals surface area contributed by atoms with Crippen molar-refractivity contribution >= 4 is 21.4 Å². The molecule has 0 spiro atoms. The first-order chi connectivity index (χ1) is 8.88. The molecule has 0 saturated carbocycles. The third-order valence-electron chi connectivity index (χ3n) is 3.39. The van der Waals surface area contributed by atoms with E-state index in [0.29, 0.717) is 11.4 Å². The van der Waals surface area contributed by atoms with Crippen LogP contribution in [0.15, 0.2) is 11.0 Å². The number of sulfonamides is 1. The number of hydrogen-bond donors (Lipinski definition) is 1. The molecule has 1 rings (SSSR count). The number of aryl methyl sites for hydroxylation is 1. The van der Waals surface area contributed by atoms with Crippen LogP contribution >= 0.6 is 11.3 Å². The van der Waals surface area contributed by atoms with Crippen molar-refractivity contribution < 1.29 is 8.42 Å². The van der Waals surface area contributed by atoms with Gasteiger partial charge in [0.25, 0.3) is 0 Å². The molecule has 0 aliphatic rings. The van der Waals surface area contributed by atoms with E-state index in [0.717, 1.165) is 22.6 Å². The summed E-state index contributed by atoms with van der Waals surface area (Å²) in [5, 5.41) is 3.05. The smallest absolute Gasteiger partial charge is 0.244 e. The monoisotopic (exact) mass is 304 g/mol. The minimum atomic E-state index is -3.37. The number of rotatable bonds is 7. The van der Waals surface area contributed by atoms with Gasteiger partial charge in [0.1, 0.15) is 0 Å². The molecule has 0 aliphatic carbocycles. The Labute approximate surface area is 120 Å². The Morgan fingerprint density at radius 2 is 1.95 bits per heavy atom. The van der Waals surface area contributed by atoms with Gasteiger partial charge in [0, 0.05) is 29.4 Å². The molecule has 0 atom stereocenters. The second-order valence-electron chi connectivity index (χ2n) is 4.66. The molecular formula is C13H24N2O2S2. The molecule has 1 aromatic rings. The van der Waals surface area contributed by atoms with Crippen molar-refractivity contribution in [2.75, 3.05) is 14.1 Å². The van der Waals surface area contributed by atoms with Crippen LogP contribution in [0.3, 0.4) is 0 Å². The zero-order valence-corrected chi connectivity index (χ0v) is 14.0. The quantitative estimate of drug-likeness (QED) is 0.842. The topological polar surface area (TPSA) is 49.4 Å². The largest absolute Gasteiger partial charge is 0.315 e. The molecule has 0 fully saturated rings. The third kappa shape index (κ3) is 3.56. The van der Waals surface area contributed by atoms with Gasteiger partial charge in [-0.2, -0.15) is 4.31 Å². The second kappa shape index (κ2) is 6.83. The van der Waals surface area contributed by atoms with E-state index in [9.17, 15) is 8.42 Å². The lowest BCUT2D eigenvalue weighted by molar-refractivity contribution is 0.349. The van der Waals surface area contributed by atoms with Gasteiger partial charge in [-0.15, -0.1) is 11.3 Å². The molecule has 0 radical (unpaired) electrons. The van der Waals surface area contributed by atoms with Crippen molar-refractivity contribution in [3.8, 4) is 0 Å². The predicted octanol–water partition coefficient (Wildman–Crippen LogP) is 2.59. The van der Waals surface area contributed by atoms with Crippen LogP contribution in [-0.2, 0) is 16.6 Å². The van der Waals surface area contributed by atoms with Crippen LogP contribution in [0.4, 0.5) is 0 Å². The highest BCUT2D eigenvalue weighted by Crippen LogP contribution is 2.29. The average molecular weight is 304 g/mol. The van der Waals surface area contributed by atoms with E-state index >= 15 is 0 Å². The van der Waals surface area contributed by atoms with Crippen LogP contribution < -0.4 is 5.32 Å². The molecular weight excluding hydrogens is 280 g/mol. The summed E-state index contributed by atoms with van der Waals surface area (Å²) in [4.78, 5) is 2.37. The van der Waals surface area contributed by atoms with Gasteiger partial charge in [-0.1, -0.05) is 13.8 Å². The summed E-state index contributed by atoms with van der Waals surface area (Å²) in [7, 11) is 0.168. The van der Waals surface area contributed by atoms with Crippen LogP contribution in [0.2, 0.25) is 0 Å². The van der Waals surface area contributed by atoms with Crippen LogP contribution in [0.25, 0.3) is 0 Å². The number of nitrogens with zero attached hydrogens (tertiary/aromatic N) is 1. The van der Waals surface area contributed by atoms with Crippen LogP contribution in [0.5, 0.6) is 0 Å². The van der Waals surface area contributed by atoms with Gasteiger partial charge in [-0.3, -0.25) is 0 Å². The molecule has 0 aliphatic heterocycles. The predicted molar refractivity (Wildman–Crippen MR) is 81.1 cm³/mol. The Bertz CT molecular complexity index is 505. The summed E-state index contributed by atoms with van der Waals surface area (Å²) in [5.74, 6) is 0. The Balaban J connectivity index is 3.12. The highest BCUT2D eigenvalue weighted by molar-refractivity contribution is 7.89. The fraction of sp³-hybridized carbons (Fsp3) is 0.692. The van der Waals surface area contributed by atoms with E-state index in [1.807, 2.05) is 27.8 Å². The van der Waals surface area contributed by atoms with E-state index in [4.69, 9.17) is 0 Å². The summed E-state index contributed by atoms with van der Waals surface area (Å²) in [6.07, 6.45) is 1.66. The number of hydrogen-bond acceptors (Lipinski definition) is 4. The van der Waals surface area contributed by atoms with Crippen molar-refractivity contribution in [2.24, 2.45) is 0 Å². The number of nitrogens with one attached hydrogen (secondary N) is 1. The van der Waals surface area contributed by atoms with Crippen molar-refractivity contribution in [1.82, 2.24) is 9.62 Å². The molecule has 110 valence electrons. The molecule has 0 bridgehead atoms. The normalized spacial score (nSPS) is 12.6. The first-order valence-corrected chi connectivity index (χ1v) is 8.86. The van der Waals surface area contributed by atoms with E-state index in [1.165, 1.54) is 4.31 Å². The van der Waals surface area contributed by atoms with E-state index in [-0.39, 0.29) is 6.04 Å². The van der Waals surface area contributed by atoms with Gasteiger partial charge < -0.3 is 5.32 Å². The van der Waals surface area contributed by atoms with Gasteiger partial charge in [0.05, 0.1) is 4.90 Å². The fourth-order valence-electron chi connectivity index (χ4n) is 2.20. The standard InChI is InChI=1S/C13H24N2O2S2/c1-6-11(7-2)15(5)19(16,17)13-8-12(9-14-4)18-10(13)3/h8,11,14H,6-7,9H2,1-5H3. The van der Waals surface area contributed by atoms with Crippen LogP contribution in [0.1, 0.15) is 36.4 Å². The molecule has 0 amide bonds. The maximum absolute atomic E-state index is 12.6. The van der Waals surface area contributed by atoms with Crippen LogP contribution in [0, 0.1) is 6.92 Å². The highest BCUT2D eigenvalue weighted by atomic mass is 32.2. The van der Waals surface area contributed by atoms with Gasteiger partial charge in [0.15, 0.2) is 0 Å². The van der Waals surface area contributed by atoms with Gasteiger partial charge in [-0.05, 0) is 32.9 Å². The maximum Gasteiger partial charge on any atom is 0.244 e. The molecule has 4 nitrogen and oxygen atoms in total. The van der Waals surface area contributed by atoms with E-state index in [2.05, 4.69) is 5.32 Å². The summed E-state index contributed by atoms with van der Waals surface area (Å²) < 4.78 is 26.8. The number of thiophene rings is 1. The van der Waals surface area contributed by atoms with Crippen molar-refractivity contribution in [1.29, 1.82) is 0 Å². The van der Waals surface area contributed by atoms with Gasteiger partial charge in [-0.25, -0.2) is 8.42 Å². The zero-order chi connectivity index (χ0) is 14.6. The fourth-order valence-corrected chi connectivity index (χ4v) is 5.31. The molecule has 0 saturated heterocycles. The lowest BCUT2D eigenvalue weighted by Gasteiger charge is -2.25. The highest BCUT2D eigenvalue weighted by Gasteiger charge is 2.28. The molecule has 1 heterocycles. The minimum Gasteiger partial charge on any atom is -0.315 e. The Morgan fingerprint density at radius 3 is 2.42 bits per heavy atom. The molecule has 0 aromatic carbocycles. The van der Waals surface area contributed by atoms with Crippen LogP contribution in [-0.4, -0.2) is 32.9 Å².